The predicted molar refractivity (Wildman–Crippen MR) is 110 cm³/mol. The Hall–Kier alpha value is -3.32. The van der Waals surface area contributed by atoms with Gasteiger partial charge < -0.3 is 5.32 Å². The Morgan fingerprint density at radius 2 is 1.96 bits per heavy atom. The van der Waals surface area contributed by atoms with Crippen molar-refractivity contribution in [2.45, 2.75) is 19.5 Å². The highest BCUT2D eigenvalue weighted by atomic mass is 32.1. The molecule has 0 saturated heterocycles. The third-order valence-electron chi connectivity index (χ3n) is 4.43. The topological polar surface area (TPSA) is 76.9 Å². The average Bonchev–Trinajstić information content (AvgIpc) is 3.27. The summed E-state index contributed by atoms with van der Waals surface area (Å²) in [4.78, 5) is 34.6. The van der Waals surface area contributed by atoms with Crippen LogP contribution in [0.4, 0.5) is 0 Å². The standard InChI is InChI=1S/C21H18N4O2S/c26-19(9-11-25-14-24-17-7-2-1-6-16(17)21(25)27)23-13-15-5-3-10-22-20(15)18-8-4-12-28-18/h1-8,10,12,14H,9,11,13H2,(H,23,26). The Balaban J connectivity index is 1.40. The molecule has 0 aliphatic heterocycles. The van der Waals surface area contributed by atoms with Gasteiger partial charge in [0.2, 0.25) is 5.91 Å². The van der Waals surface area contributed by atoms with Crippen LogP contribution in [0.2, 0.25) is 0 Å². The molecule has 1 N–H and O–H groups in total. The second kappa shape index (κ2) is 8.14. The van der Waals surface area contributed by atoms with E-state index in [-0.39, 0.29) is 24.4 Å². The molecule has 0 atom stereocenters. The number of nitrogens with one attached hydrogen (secondary N) is 1. The molecule has 0 unspecified atom stereocenters. The molecule has 140 valence electrons. The number of fused-ring (bicyclic) bond motifs is 1. The van der Waals surface area contributed by atoms with Crippen molar-refractivity contribution >= 4 is 28.1 Å². The summed E-state index contributed by atoms with van der Waals surface area (Å²) in [6.45, 7) is 0.679. The maximum atomic E-state index is 12.5. The van der Waals surface area contributed by atoms with Crippen molar-refractivity contribution in [1.82, 2.24) is 19.9 Å². The van der Waals surface area contributed by atoms with Crippen LogP contribution in [0.15, 0.2) is 71.2 Å². The minimum atomic E-state index is -0.134. The second-order valence-electron chi connectivity index (χ2n) is 6.28. The number of benzene rings is 1. The maximum Gasteiger partial charge on any atom is 0.261 e. The first-order valence-corrected chi connectivity index (χ1v) is 9.79. The first kappa shape index (κ1) is 18.1. The molecule has 4 aromatic rings. The molecule has 7 heteroatoms. The number of hydrogen-bond donors (Lipinski definition) is 1. The molecule has 28 heavy (non-hydrogen) atoms. The van der Waals surface area contributed by atoms with E-state index in [2.05, 4.69) is 15.3 Å². The lowest BCUT2D eigenvalue weighted by atomic mass is 10.1. The van der Waals surface area contributed by atoms with E-state index in [1.165, 1.54) is 10.9 Å². The van der Waals surface area contributed by atoms with Crippen molar-refractivity contribution in [3.8, 4) is 10.6 Å². The summed E-state index contributed by atoms with van der Waals surface area (Å²) in [7, 11) is 0. The zero-order valence-electron chi connectivity index (χ0n) is 15.0. The summed E-state index contributed by atoms with van der Waals surface area (Å²) in [6.07, 6.45) is 3.45. The zero-order chi connectivity index (χ0) is 19.3. The minimum absolute atomic E-state index is 0.124. The van der Waals surface area contributed by atoms with Crippen molar-refractivity contribution in [1.29, 1.82) is 0 Å². The van der Waals surface area contributed by atoms with Gasteiger partial charge in [-0.3, -0.25) is 19.1 Å². The first-order chi connectivity index (χ1) is 13.7. The Morgan fingerprint density at radius 3 is 2.82 bits per heavy atom. The Bertz CT molecular complexity index is 1170. The first-order valence-electron chi connectivity index (χ1n) is 8.91. The fourth-order valence-corrected chi connectivity index (χ4v) is 3.74. The number of carbonyl (C=O) groups is 1. The number of nitrogens with zero attached hydrogens (tertiary/aromatic N) is 3. The number of rotatable bonds is 6. The molecule has 1 aromatic carbocycles. The van der Waals surface area contributed by atoms with Crippen molar-refractivity contribution < 1.29 is 4.79 Å². The van der Waals surface area contributed by atoms with Gasteiger partial charge in [0.25, 0.3) is 5.56 Å². The minimum Gasteiger partial charge on any atom is -0.352 e. The van der Waals surface area contributed by atoms with E-state index in [9.17, 15) is 9.59 Å². The van der Waals surface area contributed by atoms with Crippen LogP contribution in [0.1, 0.15) is 12.0 Å². The highest BCUT2D eigenvalue weighted by Gasteiger charge is 2.10. The van der Waals surface area contributed by atoms with E-state index in [1.807, 2.05) is 41.8 Å². The van der Waals surface area contributed by atoms with Gasteiger partial charge in [-0.1, -0.05) is 24.3 Å². The molecule has 3 aromatic heterocycles. The van der Waals surface area contributed by atoms with Crippen LogP contribution in [0, 0.1) is 0 Å². The molecule has 3 heterocycles. The number of carbonyl (C=O) groups excluding carboxylic acids is 1. The monoisotopic (exact) mass is 390 g/mol. The highest BCUT2D eigenvalue weighted by molar-refractivity contribution is 7.13. The summed E-state index contributed by atoms with van der Waals surface area (Å²) >= 11 is 1.61. The van der Waals surface area contributed by atoms with Crippen LogP contribution in [0.5, 0.6) is 0 Å². The summed E-state index contributed by atoms with van der Waals surface area (Å²) in [5.41, 5.74) is 2.37. The molecule has 0 spiro atoms. The SMILES string of the molecule is O=C(CCn1cnc2ccccc2c1=O)NCc1cccnc1-c1cccs1. The zero-order valence-corrected chi connectivity index (χ0v) is 15.9. The van der Waals surface area contributed by atoms with E-state index in [4.69, 9.17) is 0 Å². The number of amides is 1. The molecular formula is C21H18N4O2S. The molecule has 0 saturated carbocycles. The van der Waals surface area contributed by atoms with Crippen molar-refractivity contribution in [3.05, 3.63) is 82.4 Å². The van der Waals surface area contributed by atoms with Crippen LogP contribution >= 0.6 is 11.3 Å². The molecule has 4 rings (SSSR count). The Morgan fingerprint density at radius 1 is 1.07 bits per heavy atom. The molecule has 1 amide bonds. The average molecular weight is 390 g/mol. The third-order valence-corrected chi connectivity index (χ3v) is 5.31. The van der Waals surface area contributed by atoms with E-state index in [1.54, 1.807) is 29.7 Å². The number of aromatic nitrogens is 3. The van der Waals surface area contributed by atoms with Crippen LogP contribution in [0.25, 0.3) is 21.5 Å². The summed E-state index contributed by atoms with van der Waals surface area (Å²) < 4.78 is 1.48. The largest absolute Gasteiger partial charge is 0.352 e. The number of para-hydroxylation sites is 1. The lowest BCUT2D eigenvalue weighted by Gasteiger charge is -2.10. The van der Waals surface area contributed by atoms with Crippen LogP contribution in [-0.4, -0.2) is 20.4 Å². The Kier molecular flexibility index (Phi) is 5.25. The van der Waals surface area contributed by atoms with Crippen LogP contribution in [0.3, 0.4) is 0 Å². The molecule has 0 fully saturated rings. The smallest absolute Gasteiger partial charge is 0.261 e. The van der Waals surface area contributed by atoms with Gasteiger partial charge in [0.15, 0.2) is 0 Å². The van der Waals surface area contributed by atoms with Gasteiger partial charge in [0.1, 0.15) is 0 Å². The Labute approximate surface area is 165 Å². The summed E-state index contributed by atoms with van der Waals surface area (Å²) in [5, 5.41) is 5.48. The lowest BCUT2D eigenvalue weighted by Crippen LogP contribution is -2.27. The van der Waals surface area contributed by atoms with E-state index in [0.29, 0.717) is 17.4 Å². The lowest BCUT2D eigenvalue weighted by molar-refractivity contribution is -0.121. The molecule has 0 aliphatic rings. The van der Waals surface area contributed by atoms with Gasteiger partial charge in [-0.15, -0.1) is 11.3 Å². The van der Waals surface area contributed by atoms with E-state index >= 15 is 0 Å². The van der Waals surface area contributed by atoms with Gasteiger partial charge in [-0.2, -0.15) is 0 Å². The van der Waals surface area contributed by atoms with Gasteiger partial charge in [0.05, 0.1) is 27.8 Å². The fraction of sp³-hybridized carbons (Fsp3) is 0.143. The maximum absolute atomic E-state index is 12.5. The number of pyridine rings is 1. The third kappa shape index (κ3) is 3.84. The molecular weight excluding hydrogens is 372 g/mol. The molecule has 0 bridgehead atoms. The van der Waals surface area contributed by atoms with Gasteiger partial charge >= 0.3 is 0 Å². The molecule has 0 radical (unpaired) electrons. The van der Waals surface area contributed by atoms with Crippen LogP contribution < -0.4 is 10.9 Å². The van der Waals surface area contributed by atoms with Crippen LogP contribution in [-0.2, 0) is 17.9 Å². The van der Waals surface area contributed by atoms with Crippen molar-refractivity contribution in [2.75, 3.05) is 0 Å². The highest BCUT2D eigenvalue weighted by Crippen LogP contribution is 2.25. The number of thiophene rings is 1. The number of aryl methyl sites for hydroxylation is 1. The van der Waals surface area contributed by atoms with E-state index in [0.717, 1.165) is 16.1 Å². The predicted octanol–water partition coefficient (Wildman–Crippen LogP) is 3.23. The molecule has 0 aliphatic carbocycles. The second-order valence-corrected chi connectivity index (χ2v) is 7.22. The fourth-order valence-electron chi connectivity index (χ4n) is 2.99. The number of hydrogen-bond acceptors (Lipinski definition) is 5. The van der Waals surface area contributed by atoms with Gasteiger partial charge in [-0.25, -0.2) is 4.98 Å². The quantitative estimate of drug-likeness (QED) is 0.548. The summed E-state index contributed by atoms with van der Waals surface area (Å²) in [5.74, 6) is -0.124. The van der Waals surface area contributed by atoms with Crippen molar-refractivity contribution in [3.63, 3.8) is 0 Å². The normalized spacial score (nSPS) is 10.9. The van der Waals surface area contributed by atoms with Gasteiger partial charge in [0, 0.05) is 25.7 Å². The summed E-state index contributed by atoms with van der Waals surface area (Å²) in [6, 6.07) is 15.0. The van der Waals surface area contributed by atoms with Gasteiger partial charge in [-0.05, 0) is 35.2 Å². The van der Waals surface area contributed by atoms with Crippen molar-refractivity contribution in [2.24, 2.45) is 0 Å². The molecule has 6 nitrogen and oxygen atoms in total. The van der Waals surface area contributed by atoms with E-state index < -0.39 is 0 Å².